The summed E-state index contributed by atoms with van der Waals surface area (Å²) in [6, 6.07) is 0.324. The number of piperidine rings is 1. The minimum Gasteiger partial charge on any atom is -0.354 e. The molecular formula is C9H14N4OS. The molecule has 0 aliphatic carbocycles. The van der Waals surface area contributed by atoms with E-state index in [2.05, 4.69) is 19.0 Å². The lowest BCUT2D eigenvalue weighted by Crippen LogP contribution is -2.44. The molecule has 1 aromatic heterocycles. The van der Waals surface area contributed by atoms with Crippen LogP contribution < -0.4 is 10.2 Å². The van der Waals surface area contributed by atoms with Gasteiger partial charge in [0.2, 0.25) is 5.91 Å². The van der Waals surface area contributed by atoms with Crippen LogP contribution in [-0.4, -0.2) is 33.8 Å². The normalized spacial score (nSPS) is 17.8. The van der Waals surface area contributed by atoms with Gasteiger partial charge in [-0.25, -0.2) is 0 Å². The second-order valence-corrected chi connectivity index (χ2v) is 4.28. The zero-order chi connectivity index (χ0) is 10.7. The van der Waals surface area contributed by atoms with Gasteiger partial charge in [-0.1, -0.05) is 0 Å². The third kappa shape index (κ3) is 2.65. The van der Waals surface area contributed by atoms with Crippen LogP contribution in [0.3, 0.4) is 0 Å². The van der Waals surface area contributed by atoms with E-state index in [1.807, 2.05) is 0 Å². The second kappa shape index (κ2) is 4.57. The first-order valence-electron chi connectivity index (χ1n) is 5.05. The molecule has 5 nitrogen and oxygen atoms in total. The summed E-state index contributed by atoms with van der Waals surface area (Å²) < 4.78 is 8.18. The Hall–Kier alpha value is -1.17. The first kappa shape index (κ1) is 10.4. The molecule has 1 aliphatic heterocycles. The number of carbonyl (C=O) groups is 1. The Morgan fingerprint density at radius 2 is 2.33 bits per heavy atom. The number of hydrogen-bond acceptors (Lipinski definition) is 5. The molecule has 2 heterocycles. The number of carbonyl (C=O) groups excluding carboxylic acids is 1. The van der Waals surface area contributed by atoms with Crippen molar-refractivity contribution in [3.63, 3.8) is 0 Å². The monoisotopic (exact) mass is 226 g/mol. The van der Waals surface area contributed by atoms with Crippen molar-refractivity contribution < 1.29 is 4.79 Å². The molecule has 1 N–H and O–H groups in total. The summed E-state index contributed by atoms with van der Waals surface area (Å²) in [5.74, 6) is 1.02. The molecule has 0 unspecified atom stereocenters. The fourth-order valence-electron chi connectivity index (χ4n) is 1.84. The highest BCUT2D eigenvalue weighted by Crippen LogP contribution is 2.17. The Labute approximate surface area is 92.8 Å². The average molecular weight is 226 g/mol. The van der Waals surface area contributed by atoms with E-state index in [9.17, 15) is 4.79 Å². The standard InChI is InChI=1S/C9H14N4OS/c1-7(14)11-8-2-4-13(5-3-8)9-6-10-15-12-9/h6,8H,2-5H2,1H3,(H,11,14). The van der Waals surface area contributed by atoms with Gasteiger partial charge in [-0.2, -0.15) is 8.75 Å². The van der Waals surface area contributed by atoms with Crippen LogP contribution in [0.15, 0.2) is 6.20 Å². The number of rotatable bonds is 2. The van der Waals surface area contributed by atoms with E-state index in [0.717, 1.165) is 31.7 Å². The Morgan fingerprint density at radius 1 is 1.60 bits per heavy atom. The highest BCUT2D eigenvalue weighted by atomic mass is 32.1. The van der Waals surface area contributed by atoms with E-state index in [4.69, 9.17) is 0 Å². The molecule has 1 aliphatic rings. The van der Waals surface area contributed by atoms with Crippen molar-refractivity contribution in [2.45, 2.75) is 25.8 Å². The van der Waals surface area contributed by atoms with Gasteiger partial charge in [0, 0.05) is 26.1 Å². The van der Waals surface area contributed by atoms with Crippen molar-refractivity contribution >= 4 is 23.5 Å². The molecule has 0 bridgehead atoms. The first-order valence-corrected chi connectivity index (χ1v) is 5.78. The highest BCUT2D eigenvalue weighted by Gasteiger charge is 2.20. The van der Waals surface area contributed by atoms with Gasteiger partial charge in [-0.15, -0.1) is 0 Å². The fourth-order valence-corrected chi connectivity index (χ4v) is 2.27. The summed E-state index contributed by atoms with van der Waals surface area (Å²) in [6.45, 7) is 3.45. The topological polar surface area (TPSA) is 58.1 Å². The van der Waals surface area contributed by atoms with Crippen molar-refractivity contribution in [2.75, 3.05) is 18.0 Å². The number of nitrogens with one attached hydrogen (secondary N) is 1. The van der Waals surface area contributed by atoms with Crippen molar-refractivity contribution in [3.05, 3.63) is 6.20 Å². The summed E-state index contributed by atoms with van der Waals surface area (Å²) >= 11 is 1.23. The summed E-state index contributed by atoms with van der Waals surface area (Å²) in [7, 11) is 0. The molecule has 82 valence electrons. The van der Waals surface area contributed by atoms with Crippen molar-refractivity contribution in [3.8, 4) is 0 Å². The lowest BCUT2D eigenvalue weighted by Gasteiger charge is -2.31. The van der Waals surface area contributed by atoms with Gasteiger partial charge < -0.3 is 10.2 Å². The van der Waals surface area contributed by atoms with E-state index >= 15 is 0 Å². The Kier molecular flexibility index (Phi) is 3.15. The number of hydrogen-bond donors (Lipinski definition) is 1. The fraction of sp³-hybridized carbons (Fsp3) is 0.667. The maximum atomic E-state index is 10.9. The summed E-state index contributed by atoms with van der Waals surface area (Å²) in [6.07, 6.45) is 3.76. The van der Waals surface area contributed by atoms with Crippen LogP contribution in [-0.2, 0) is 4.79 Å². The minimum absolute atomic E-state index is 0.0591. The maximum Gasteiger partial charge on any atom is 0.217 e. The van der Waals surface area contributed by atoms with E-state index in [1.54, 1.807) is 13.1 Å². The molecule has 0 atom stereocenters. The molecule has 0 aromatic carbocycles. The number of amides is 1. The molecular weight excluding hydrogens is 212 g/mol. The van der Waals surface area contributed by atoms with E-state index < -0.39 is 0 Å². The van der Waals surface area contributed by atoms with Gasteiger partial charge in [-0.05, 0) is 12.8 Å². The smallest absolute Gasteiger partial charge is 0.217 e. The van der Waals surface area contributed by atoms with Crippen LogP contribution in [0.4, 0.5) is 5.82 Å². The van der Waals surface area contributed by atoms with E-state index in [-0.39, 0.29) is 5.91 Å². The molecule has 0 radical (unpaired) electrons. The van der Waals surface area contributed by atoms with Crippen LogP contribution >= 0.6 is 11.7 Å². The molecule has 15 heavy (non-hydrogen) atoms. The zero-order valence-electron chi connectivity index (χ0n) is 8.64. The highest BCUT2D eigenvalue weighted by molar-refractivity contribution is 6.99. The quantitative estimate of drug-likeness (QED) is 0.804. The van der Waals surface area contributed by atoms with Crippen LogP contribution in [0.5, 0.6) is 0 Å². The molecule has 0 spiro atoms. The van der Waals surface area contributed by atoms with Crippen LogP contribution in [0.1, 0.15) is 19.8 Å². The van der Waals surface area contributed by atoms with Crippen LogP contribution in [0, 0.1) is 0 Å². The van der Waals surface area contributed by atoms with Gasteiger partial charge >= 0.3 is 0 Å². The largest absolute Gasteiger partial charge is 0.354 e. The SMILES string of the molecule is CC(=O)NC1CCN(c2cnsn2)CC1. The van der Waals surface area contributed by atoms with Crippen molar-refractivity contribution in [1.82, 2.24) is 14.1 Å². The zero-order valence-corrected chi connectivity index (χ0v) is 9.46. The predicted molar refractivity (Wildman–Crippen MR) is 59.0 cm³/mol. The third-order valence-electron chi connectivity index (χ3n) is 2.58. The molecule has 0 saturated carbocycles. The summed E-state index contributed by atoms with van der Waals surface area (Å²) in [4.78, 5) is 13.1. The third-order valence-corrected chi connectivity index (χ3v) is 3.04. The van der Waals surface area contributed by atoms with Crippen molar-refractivity contribution in [1.29, 1.82) is 0 Å². The van der Waals surface area contributed by atoms with Crippen LogP contribution in [0.2, 0.25) is 0 Å². The average Bonchev–Trinajstić information content (AvgIpc) is 2.71. The lowest BCUT2D eigenvalue weighted by molar-refractivity contribution is -0.119. The lowest BCUT2D eigenvalue weighted by atomic mass is 10.1. The Balaban J connectivity index is 1.84. The molecule has 1 aromatic rings. The van der Waals surface area contributed by atoms with Gasteiger partial charge in [0.25, 0.3) is 0 Å². The summed E-state index contributed by atoms with van der Waals surface area (Å²) in [5, 5.41) is 2.95. The second-order valence-electron chi connectivity index (χ2n) is 3.73. The number of nitrogens with zero attached hydrogens (tertiary/aromatic N) is 3. The predicted octanol–water partition coefficient (Wildman–Crippen LogP) is 0.643. The Morgan fingerprint density at radius 3 is 2.87 bits per heavy atom. The molecule has 1 fully saturated rings. The number of aromatic nitrogens is 2. The van der Waals surface area contributed by atoms with E-state index in [0.29, 0.717) is 6.04 Å². The number of anilines is 1. The van der Waals surface area contributed by atoms with E-state index in [1.165, 1.54) is 11.7 Å². The first-order chi connectivity index (χ1) is 7.25. The van der Waals surface area contributed by atoms with Crippen LogP contribution in [0.25, 0.3) is 0 Å². The van der Waals surface area contributed by atoms with Gasteiger partial charge in [0.05, 0.1) is 17.9 Å². The molecule has 1 saturated heterocycles. The molecule has 1 amide bonds. The van der Waals surface area contributed by atoms with Gasteiger partial charge in [0.15, 0.2) is 5.82 Å². The Bertz CT molecular complexity index is 319. The maximum absolute atomic E-state index is 10.9. The molecule has 6 heteroatoms. The minimum atomic E-state index is 0.0591. The molecule has 2 rings (SSSR count). The van der Waals surface area contributed by atoms with Gasteiger partial charge in [-0.3, -0.25) is 4.79 Å². The summed E-state index contributed by atoms with van der Waals surface area (Å²) in [5.41, 5.74) is 0. The van der Waals surface area contributed by atoms with Gasteiger partial charge in [0.1, 0.15) is 0 Å². The van der Waals surface area contributed by atoms with Crippen molar-refractivity contribution in [2.24, 2.45) is 0 Å².